The standard InChI is InChI=1S/C15H19N5O2/c1-22-9-8-20-15(17-18-19-20)16-14(21)13-7-6-11-4-2-3-5-12(11)10-13/h2-5,13H,6-10H2,1H3,(H,16,17,19,21). The van der Waals surface area contributed by atoms with Gasteiger partial charge < -0.3 is 4.74 Å². The minimum atomic E-state index is -0.0394. The molecular formula is C15H19N5O2. The molecule has 0 saturated heterocycles. The molecule has 1 aromatic carbocycles. The van der Waals surface area contributed by atoms with Gasteiger partial charge in [-0.15, -0.1) is 0 Å². The third-order valence-electron chi connectivity index (χ3n) is 3.99. The van der Waals surface area contributed by atoms with Crippen molar-refractivity contribution in [3.8, 4) is 0 Å². The number of carbonyl (C=O) groups is 1. The van der Waals surface area contributed by atoms with Gasteiger partial charge in [0.05, 0.1) is 13.2 Å². The molecule has 1 aliphatic carbocycles. The Hall–Kier alpha value is -2.28. The number of methoxy groups -OCH3 is 1. The molecule has 0 aliphatic heterocycles. The van der Waals surface area contributed by atoms with Gasteiger partial charge in [-0.2, -0.15) is 0 Å². The van der Waals surface area contributed by atoms with Crippen molar-refractivity contribution in [2.75, 3.05) is 19.0 Å². The van der Waals surface area contributed by atoms with E-state index in [9.17, 15) is 4.79 Å². The van der Waals surface area contributed by atoms with Crippen LogP contribution in [0.3, 0.4) is 0 Å². The lowest BCUT2D eigenvalue weighted by Crippen LogP contribution is -2.29. The Morgan fingerprint density at radius 3 is 3.05 bits per heavy atom. The van der Waals surface area contributed by atoms with E-state index in [4.69, 9.17) is 4.74 Å². The summed E-state index contributed by atoms with van der Waals surface area (Å²) in [5, 5.41) is 14.1. The van der Waals surface area contributed by atoms with Crippen molar-refractivity contribution < 1.29 is 9.53 Å². The Morgan fingerprint density at radius 1 is 1.41 bits per heavy atom. The molecular weight excluding hydrogens is 282 g/mol. The maximum atomic E-state index is 12.5. The van der Waals surface area contributed by atoms with Gasteiger partial charge in [0.2, 0.25) is 11.9 Å². The molecule has 1 heterocycles. The summed E-state index contributed by atoms with van der Waals surface area (Å²) in [5.41, 5.74) is 2.60. The van der Waals surface area contributed by atoms with Gasteiger partial charge in [0.1, 0.15) is 0 Å². The van der Waals surface area contributed by atoms with Crippen LogP contribution in [0.15, 0.2) is 24.3 Å². The molecule has 1 amide bonds. The average molecular weight is 301 g/mol. The Balaban J connectivity index is 1.65. The van der Waals surface area contributed by atoms with Crippen molar-refractivity contribution in [1.82, 2.24) is 20.2 Å². The molecule has 116 valence electrons. The lowest BCUT2D eigenvalue weighted by Gasteiger charge is -2.23. The van der Waals surface area contributed by atoms with Crippen molar-refractivity contribution in [1.29, 1.82) is 0 Å². The third-order valence-corrected chi connectivity index (χ3v) is 3.99. The molecule has 0 bridgehead atoms. The Labute approximate surface area is 128 Å². The number of carbonyl (C=O) groups excluding carboxylic acids is 1. The van der Waals surface area contributed by atoms with Gasteiger partial charge >= 0.3 is 0 Å². The number of nitrogens with one attached hydrogen (secondary N) is 1. The predicted molar refractivity (Wildman–Crippen MR) is 80.3 cm³/mol. The summed E-state index contributed by atoms with van der Waals surface area (Å²) in [6, 6.07) is 8.29. The number of aromatic nitrogens is 4. The molecule has 2 aromatic rings. The molecule has 22 heavy (non-hydrogen) atoms. The fourth-order valence-corrected chi connectivity index (χ4v) is 2.76. The summed E-state index contributed by atoms with van der Waals surface area (Å²) in [4.78, 5) is 12.5. The van der Waals surface area contributed by atoms with Crippen molar-refractivity contribution in [2.45, 2.75) is 25.8 Å². The van der Waals surface area contributed by atoms with E-state index in [0.29, 0.717) is 19.1 Å². The van der Waals surface area contributed by atoms with E-state index >= 15 is 0 Å². The van der Waals surface area contributed by atoms with Crippen LogP contribution in [0.2, 0.25) is 0 Å². The summed E-state index contributed by atoms with van der Waals surface area (Å²) in [6.07, 6.45) is 2.55. The zero-order valence-electron chi connectivity index (χ0n) is 12.5. The number of tetrazole rings is 1. The molecule has 0 radical (unpaired) electrons. The normalized spacial score (nSPS) is 17.0. The number of hydrogen-bond acceptors (Lipinski definition) is 5. The molecule has 1 unspecified atom stereocenters. The number of nitrogens with zero attached hydrogens (tertiary/aromatic N) is 4. The quantitative estimate of drug-likeness (QED) is 0.893. The van der Waals surface area contributed by atoms with E-state index in [0.717, 1.165) is 19.3 Å². The second kappa shape index (κ2) is 6.65. The number of amides is 1. The zero-order chi connectivity index (χ0) is 15.4. The minimum Gasteiger partial charge on any atom is -0.383 e. The van der Waals surface area contributed by atoms with Crippen molar-refractivity contribution in [2.24, 2.45) is 5.92 Å². The van der Waals surface area contributed by atoms with Crippen LogP contribution in [0.1, 0.15) is 17.5 Å². The first-order valence-corrected chi connectivity index (χ1v) is 7.40. The van der Waals surface area contributed by atoms with Gasteiger partial charge in [0.25, 0.3) is 0 Å². The van der Waals surface area contributed by atoms with Crippen molar-refractivity contribution in [3.63, 3.8) is 0 Å². The van der Waals surface area contributed by atoms with Crippen LogP contribution in [0.5, 0.6) is 0 Å². The predicted octanol–water partition coefficient (Wildman–Crippen LogP) is 1.06. The lowest BCUT2D eigenvalue weighted by molar-refractivity contribution is -0.120. The fraction of sp³-hybridized carbons (Fsp3) is 0.467. The van der Waals surface area contributed by atoms with Crippen LogP contribution in [0.25, 0.3) is 0 Å². The first kappa shape index (κ1) is 14.6. The Bertz CT molecular complexity index is 655. The van der Waals surface area contributed by atoms with E-state index in [-0.39, 0.29) is 11.8 Å². The number of fused-ring (bicyclic) bond motifs is 1. The molecule has 3 rings (SSSR count). The monoisotopic (exact) mass is 301 g/mol. The van der Waals surface area contributed by atoms with E-state index in [2.05, 4.69) is 33.0 Å². The molecule has 7 nitrogen and oxygen atoms in total. The summed E-state index contributed by atoms with van der Waals surface area (Å²) < 4.78 is 6.54. The highest BCUT2D eigenvalue weighted by molar-refractivity contribution is 5.91. The van der Waals surface area contributed by atoms with Crippen molar-refractivity contribution in [3.05, 3.63) is 35.4 Å². The maximum absolute atomic E-state index is 12.5. The second-order valence-electron chi connectivity index (χ2n) is 5.42. The smallest absolute Gasteiger partial charge is 0.249 e. The number of aryl methyl sites for hydroxylation is 1. The van der Waals surface area contributed by atoms with E-state index < -0.39 is 0 Å². The largest absolute Gasteiger partial charge is 0.383 e. The van der Waals surface area contributed by atoms with E-state index in [1.807, 2.05) is 12.1 Å². The minimum absolute atomic E-state index is 0.0250. The lowest BCUT2D eigenvalue weighted by atomic mass is 9.83. The summed E-state index contributed by atoms with van der Waals surface area (Å²) in [6.45, 7) is 0.997. The van der Waals surface area contributed by atoms with Crippen LogP contribution < -0.4 is 5.32 Å². The van der Waals surface area contributed by atoms with Gasteiger partial charge in [-0.1, -0.05) is 29.4 Å². The Morgan fingerprint density at radius 2 is 2.23 bits per heavy atom. The van der Waals surface area contributed by atoms with Gasteiger partial charge in [0.15, 0.2) is 0 Å². The number of rotatable bonds is 5. The topological polar surface area (TPSA) is 81.9 Å². The molecule has 1 atom stereocenters. The first-order valence-electron chi connectivity index (χ1n) is 7.40. The zero-order valence-corrected chi connectivity index (χ0v) is 12.5. The van der Waals surface area contributed by atoms with Crippen LogP contribution in [0.4, 0.5) is 5.95 Å². The third kappa shape index (κ3) is 3.14. The van der Waals surface area contributed by atoms with E-state index in [1.54, 1.807) is 7.11 Å². The highest BCUT2D eigenvalue weighted by Crippen LogP contribution is 2.26. The number of hydrogen-bond donors (Lipinski definition) is 1. The molecule has 1 aliphatic rings. The first-order chi connectivity index (χ1) is 10.8. The average Bonchev–Trinajstić information content (AvgIpc) is 2.99. The van der Waals surface area contributed by atoms with Crippen LogP contribution in [-0.2, 0) is 28.9 Å². The van der Waals surface area contributed by atoms with Crippen LogP contribution >= 0.6 is 0 Å². The highest BCUT2D eigenvalue weighted by atomic mass is 16.5. The number of ether oxygens (including phenoxy) is 1. The van der Waals surface area contributed by atoms with Crippen molar-refractivity contribution >= 4 is 11.9 Å². The summed E-state index contributed by atoms with van der Waals surface area (Å²) in [5.74, 6) is 0.311. The Kier molecular flexibility index (Phi) is 4.43. The fourth-order valence-electron chi connectivity index (χ4n) is 2.76. The molecule has 1 N–H and O–H groups in total. The maximum Gasteiger partial charge on any atom is 0.249 e. The second-order valence-corrected chi connectivity index (χ2v) is 5.42. The summed E-state index contributed by atoms with van der Waals surface area (Å²) >= 11 is 0. The number of anilines is 1. The molecule has 7 heteroatoms. The number of benzene rings is 1. The van der Waals surface area contributed by atoms with Gasteiger partial charge in [-0.3, -0.25) is 10.1 Å². The van der Waals surface area contributed by atoms with Gasteiger partial charge in [-0.25, -0.2) is 4.68 Å². The van der Waals surface area contributed by atoms with E-state index in [1.165, 1.54) is 15.8 Å². The van der Waals surface area contributed by atoms with Crippen LogP contribution in [0, 0.1) is 5.92 Å². The van der Waals surface area contributed by atoms with Crippen LogP contribution in [-0.4, -0.2) is 39.8 Å². The summed E-state index contributed by atoms with van der Waals surface area (Å²) in [7, 11) is 1.61. The van der Waals surface area contributed by atoms with Gasteiger partial charge in [-0.05, 0) is 40.8 Å². The SMILES string of the molecule is COCCn1nnnc1NC(=O)C1CCc2ccccc2C1. The molecule has 1 aromatic heterocycles. The highest BCUT2D eigenvalue weighted by Gasteiger charge is 2.25. The molecule has 0 fully saturated rings. The molecule has 0 saturated carbocycles. The molecule has 0 spiro atoms. The van der Waals surface area contributed by atoms with Gasteiger partial charge in [0, 0.05) is 13.0 Å².